The van der Waals surface area contributed by atoms with Gasteiger partial charge in [-0.05, 0) is 24.3 Å². The second-order valence-corrected chi connectivity index (χ2v) is 6.02. The second kappa shape index (κ2) is 4.23. The molecule has 0 saturated heterocycles. The van der Waals surface area contributed by atoms with Crippen molar-refractivity contribution in [3.8, 4) is 0 Å². The lowest BCUT2D eigenvalue weighted by Crippen LogP contribution is -2.05. The van der Waals surface area contributed by atoms with Gasteiger partial charge in [0.25, 0.3) is 0 Å². The van der Waals surface area contributed by atoms with Gasteiger partial charge in [0.1, 0.15) is 0 Å². The molecule has 1 aromatic heterocycles. The van der Waals surface area contributed by atoms with Gasteiger partial charge in [0.05, 0.1) is 21.9 Å². The smallest absolute Gasteiger partial charge is 0.184 e. The van der Waals surface area contributed by atoms with Crippen molar-refractivity contribution in [1.29, 1.82) is 0 Å². The van der Waals surface area contributed by atoms with Crippen LogP contribution >= 0.6 is 11.3 Å². The maximum atomic E-state index is 11.9. The molecule has 0 unspecified atom stereocenters. The summed E-state index contributed by atoms with van der Waals surface area (Å²) in [6.45, 7) is 0. The van der Waals surface area contributed by atoms with E-state index in [0.29, 0.717) is 11.4 Å². The minimum Gasteiger partial charge on any atom is -0.399 e. The summed E-state index contributed by atoms with van der Waals surface area (Å²) in [6.07, 6.45) is 0. The van der Waals surface area contributed by atoms with E-state index in [1.807, 2.05) is 0 Å². The molecule has 0 aliphatic carbocycles. The molecule has 0 saturated carbocycles. The van der Waals surface area contributed by atoms with Gasteiger partial charge < -0.3 is 5.73 Å². The predicted molar refractivity (Wildman–Crippen MR) is 63.9 cm³/mol. The number of sulfone groups is 1. The molecule has 6 heteroatoms. The Morgan fingerprint density at radius 1 is 1.25 bits per heavy atom. The molecule has 1 aromatic carbocycles. The van der Waals surface area contributed by atoms with E-state index < -0.39 is 9.84 Å². The van der Waals surface area contributed by atoms with Gasteiger partial charge in [-0.1, -0.05) is 0 Å². The van der Waals surface area contributed by atoms with Crippen molar-refractivity contribution in [1.82, 2.24) is 4.98 Å². The van der Waals surface area contributed by atoms with E-state index in [9.17, 15) is 8.42 Å². The van der Waals surface area contributed by atoms with Gasteiger partial charge >= 0.3 is 0 Å². The normalized spacial score (nSPS) is 11.5. The number of aromatic nitrogens is 1. The molecule has 2 rings (SSSR count). The van der Waals surface area contributed by atoms with Gasteiger partial charge in [0, 0.05) is 11.1 Å². The van der Waals surface area contributed by atoms with Crippen molar-refractivity contribution in [2.24, 2.45) is 0 Å². The van der Waals surface area contributed by atoms with Gasteiger partial charge in [0.15, 0.2) is 9.84 Å². The molecule has 1 heterocycles. The SMILES string of the molecule is Nc1ccc(S(=O)(=O)Cc2cscn2)cc1. The Morgan fingerprint density at radius 2 is 1.94 bits per heavy atom. The third-order valence-electron chi connectivity index (χ3n) is 2.06. The largest absolute Gasteiger partial charge is 0.399 e. The Balaban J connectivity index is 2.29. The van der Waals surface area contributed by atoms with E-state index in [2.05, 4.69) is 4.98 Å². The number of nitrogens with two attached hydrogens (primary N) is 1. The Bertz CT molecular complexity index is 559. The Hall–Kier alpha value is -1.40. The first-order valence-corrected chi connectivity index (χ1v) is 7.13. The summed E-state index contributed by atoms with van der Waals surface area (Å²) >= 11 is 1.38. The number of nitrogen functional groups attached to an aromatic ring is 1. The van der Waals surface area contributed by atoms with Crippen LogP contribution in [0.1, 0.15) is 5.69 Å². The molecule has 0 atom stereocenters. The molecule has 84 valence electrons. The minimum atomic E-state index is -3.31. The molecule has 16 heavy (non-hydrogen) atoms. The second-order valence-electron chi connectivity index (χ2n) is 3.31. The van der Waals surface area contributed by atoms with Crippen molar-refractivity contribution in [2.75, 3.05) is 5.73 Å². The molecule has 0 aliphatic rings. The van der Waals surface area contributed by atoms with E-state index in [1.54, 1.807) is 23.0 Å². The number of anilines is 1. The topological polar surface area (TPSA) is 73.1 Å². The highest BCUT2D eigenvalue weighted by Gasteiger charge is 2.15. The van der Waals surface area contributed by atoms with Gasteiger partial charge in [-0.25, -0.2) is 13.4 Å². The monoisotopic (exact) mass is 254 g/mol. The first kappa shape index (κ1) is 11.1. The molecule has 0 radical (unpaired) electrons. The number of hydrogen-bond donors (Lipinski definition) is 1. The van der Waals surface area contributed by atoms with Crippen LogP contribution in [0.2, 0.25) is 0 Å². The van der Waals surface area contributed by atoms with Crippen molar-refractivity contribution < 1.29 is 8.42 Å². The standard InChI is InChI=1S/C10H10N2O2S2/c11-8-1-3-10(4-2-8)16(13,14)6-9-5-15-7-12-9/h1-5,7H,6,11H2. The Kier molecular flexibility index (Phi) is 2.93. The number of rotatable bonds is 3. The van der Waals surface area contributed by atoms with Crippen molar-refractivity contribution >= 4 is 26.9 Å². The van der Waals surface area contributed by atoms with Gasteiger partial charge in [-0.2, -0.15) is 0 Å². The van der Waals surface area contributed by atoms with Crippen LogP contribution in [0.4, 0.5) is 5.69 Å². The number of benzene rings is 1. The molecule has 2 N–H and O–H groups in total. The Morgan fingerprint density at radius 3 is 2.50 bits per heavy atom. The molecule has 2 aromatic rings. The highest BCUT2D eigenvalue weighted by molar-refractivity contribution is 7.90. The van der Waals surface area contributed by atoms with E-state index in [4.69, 9.17) is 5.73 Å². The quantitative estimate of drug-likeness (QED) is 0.846. The van der Waals surface area contributed by atoms with Gasteiger partial charge in [0.2, 0.25) is 0 Å². The summed E-state index contributed by atoms with van der Waals surface area (Å²) in [4.78, 5) is 4.23. The predicted octanol–water partition coefficient (Wildman–Crippen LogP) is 1.70. The van der Waals surface area contributed by atoms with Gasteiger partial charge in [-0.3, -0.25) is 0 Å². The maximum absolute atomic E-state index is 11.9. The minimum absolute atomic E-state index is 0.0690. The van der Waals surface area contributed by atoms with Crippen molar-refractivity contribution in [3.05, 3.63) is 40.8 Å². The molecular formula is C10H10N2O2S2. The molecule has 0 bridgehead atoms. The summed E-state index contributed by atoms with van der Waals surface area (Å²) < 4.78 is 23.9. The molecule has 0 spiro atoms. The first-order chi connectivity index (χ1) is 7.58. The van der Waals surface area contributed by atoms with E-state index in [0.717, 1.165) is 0 Å². The lowest BCUT2D eigenvalue weighted by Gasteiger charge is -2.02. The molecule has 0 aliphatic heterocycles. The van der Waals surface area contributed by atoms with Crippen LogP contribution in [0.5, 0.6) is 0 Å². The molecule has 0 fully saturated rings. The van der Waals surface area contributed by atoms with Crippen LogP contribution in [0.3, 0.4) is 0 Å². The zero-order valence-corrected chi connectivity index (χ0v) is 9.96. The van der Waals surface area contributed by atoms with Crippen LogP contribution < -0.4 is 5.73 Å². The highest BCUT2D eigenvalue weighted by atomic mass is 32.2. The fourth-order valence-corrected chi connectivity index (χ4v) is 3.19. The summed E-state index contributed by atoms with van der Waals surface area (Å²) in [5, 5.41) is 1.73. The number of nitrogens with zero attached hydrogens (tertiary/aromatic N) is 1. The summed E-state index contributed by atoms with van der Waals surface area (Å²) in [5.41, 5.74) is 8.24. The van der Waals surface area contributed by atoms with E-state index >= 15 is 0 Å². The molecule has 0 amide bonds. The molecular weight excluding hydrogens is 244 g/mol. The third-order valence-corrected chi connectivity index (χ3v) is 4.36. The summed E-state index contributed by atoms with van der Waals surface area (Å²) in [6, 6.07) is 6.18. The highest BCUT2D eigenvalue weighted by Crippen LogP contribution is 2.17. The zero-order chi connectivity index (χ0) is 11.6. The first-order valence-electron chi connectivity index (χ1n) is 4.53. The van der Waals surface area contributed by atoms with Crippen LogP contribution in [0, 0.1) is 0 Å². The summed E-state index contributed by atoms with van der Waals surface area (Å²) in [5.74, 6) is -0.0690. The lowest BCUT2D eigenvalue weighted by molar-refractivity contribution is 0.595. The van der Waals surface area contributed by atoms with Gasteiger partial charge in [-0.15, -0.1) is 11.3 Å². The summed E-state index contributed by atoms with van der Waals surface area (Å²) in [7, 11) is -3.31. The van der Waals surface area contributed by atoms with E-state index in [1.165, 1.54) is 23.5 Å². The average Bonchev–Trinajstić information content (AvgIpc) is 2.70. The maximum Gasteiger partial charge on any atom is 0.184 e. The third kappa shape index (κ3) is 2.40. The van der Waals surface area contributed by atoms with Crippen molar-refractivity contribution in [2.45, 2.75) is 10.6 Å². The van der Waals surface area contributed by atoms with Crippen LogP contribution in [0.15, 0.2) is 40.1 Å². The lowest BCUT2D eigenvalue weighted by atomic mass is 10.3. The van der Waals surface area contributed by atoms with Crippen LogP contribution in [-0.4, -0.2) is 13.4 Å². The van der Waals surface area contributed by atoms with E-state index in [-0.39, 0.29) is 10.6 Å². The number of hydrogen-bond acceptors (Lipinski definition) is 5. The number of thiazole rings is 1. The fraction of sp³-hybridized carbons (Fsp3) is 0.100. The average molecular weight is 254 g/mol. The van der Waals surface area contributed by atoms with Crippen LogP contribution in [0.25, 0.3) is 0 Å². The van der Waals surface area contributed by atoms with Crippen molar-refractivity contribution in [3.63, 3.8) is 0 Å². The molecule has 4 nitrogen and oxygen atoms in total. The zero-order valence-electron chi connectivity index (χ0n) is 8.33. The van der Waals surface area contributed by atoms with Crippen LogP contribution in [-0.2, 0) is 15.6 Å². The fourth-order valence-electron chi connectivity index (χ4n) is 1.26. The Labute approximate surface area is 97.7 Å².